The Hall–Kier alpha value is -2.69. The van der Waals surface area contributed by atoms with Gasteiger partial charge < -0.3 is 9.80 Å². The minimum absolute atomic E-state index is 0.00119. The molecule has 4 nitrogen and oxygen atoms in total. The van der Waals surface area contributed by atoms with E-state index in [9.17, 15) is 14.0 Å². The zero-order valence-electron chi connectivity index (χ0n) is 13.5. The first-order chi connectivity index (χ1) is 11.6. The average molecular weight is 326 g/mol. The van der Waals surface area contributed by atoms with Gasteiger partial charge in [0, 0.05) is 31.7 Å². The summed E-state index contributed by atoms with van der Waals surface area (Å²) in [6, 6.07) is 13.8. The SMILES string of the molecule is CC(=O)c1c(F)cccc1N1CCN(C(=O)c2ccccc2)CC1. The summed E-state index contributed by atoms with van der Waals surface area (Å²) >= 11 is 0. The van der Waals surface area contributed by atoms with Crippen molar-refractivity contribution >= 4 is 17.4 Å². The summed E-state index contributed by atoms with van der Waals surface area (Å²) in [4.78, 5) is 28.0. The first-order valence-electron chi connectivity index (χ1n) is 7.96. The number of anilines is 1. The van der Waals surface area contributed by atoms with Gasteiger partial charge in [0.1, 0.15) is 5.82 Å². The molecule has 0 atom stereocenters. The molecule has 0 spiro atoms. The van der Waals surface area contributed by atoms with Crippen LogP contribution in [-0.2, 0) is 0 Å². The number of hydrogen-bond donors (Lipinski definition) is 0. The van der Waals surface area contributed by atoms with Crippen LogP contribution in [0, 0.1) is 5.82 Å². The summed E-state index contributed by atoms with van der Waals surface area (Å²) in [6.45, 7) is 3.60. The molecule has 0 saturated carbocycles. The van der Waals surface area contributed by atoms with Gasteiger partial charge in [0.15, 0.2) is 5.78 Å². The first-order valence-corrected chi connectivity index (χ1v) is 7.96. The molecule has 0 radical (unpaired) electrons. The molecule has 2 aromatic rings. The molecular weight excluding hydrogens is 307 g/mol. The minimum atomic E-state index is -0.497. The van der Waals surface area contributed by atoms with Gasteiger partial charge in [-0.1, -0.05) is 24.3 Å². The average Bonchev–Trinajstić information content (AvgIpc) is 2.61. The van der Waals surface area contributed by atoms with Crippen molar-refractivity contribution in [3.63, 3.8) is 0 Å². The molecule has 1 amide bonds. The maximum atomic E-state index is 14.0. The summed E-state index contributed by atoms with van der Waals surface area (Å²) in [5.74, 6) is -0.782. The number of ketones is 1. The van der Waals surface area contributed by atoms with Crippen LogP contribution in [0.4, 0.5) is 10.1 Å². The Bertz CT molecular complexity index is 753. The fourth-order valence-corrected chi connectivity index (χ4v) is 3.04. The number of hydrogen-bond acceptors (Lipinski definition) is 3. The van der Waals surface area contributed by atoms with Gasteiger partial charge in [0.2, 0.25) is 0 Å². The van der Waals surface area contributed by atoms with Gasteiger partial charge in [-0.15, -0.1) is 0 Å². The number of halogens is 1. The van der Waals surface area contributed by atoms with Gasteiger partial charge in [-0.25, -0.2) is 4.39 Å². The van der Waals surface area contributed by atoms with E-state index in [-0.39, 0.29) is 17.3 Å². The largest absolute Gasteiger partial charge is 0.367 e. The third-order valence-corrected chi connectivity index (χ3v) is 4.27. The van der Waals surface area contributed by atoms with Crippen molar-refractivity contribution in [3.05, 3.63) is 65.5 Å². The van der Waals surface area contributed by atoms with Crippen LogP contribution in [0.2, 0.25) is 0 Å². The Labute approximate surface area is 140 Å². The summed E-state index contributed by atoms with van der Waals surface area (Å²) < 4.78 is 14.0. The standard InChI is InChI=1S/C19H19FN2O2/c1-14(23)18-16(20)8-5-9-17(18)21-10-12-22(13-11-21)19(24)15-6-3-2-4-7-15/h2-9H,10-13H2,1H3. The lowest BCUT2D eigenvalue weighted by Gasteiger charge is -2.36. The zero-order chi connectivity index (χ0) is 17.1. The normalized spacial score (nSPS) is 14.6. The van der Waals surface area contributed by atoms with Crippen molar-refractivity contribution in [2.45, 2.75) is 6.92 Å². The van der Waals surface area contributed by atoms with Gasteiger partial charge in [0.25, 0.3) is 5.91 Å². The summed E-state index contributed by atoms with van der Waals surface area (Å²) in [7, 11) is 0. The van der Waals surface area contributed by atoms with Crippen molar-refractivity contribution in [3.8, 4) is 0 Å². The number of benzene rings is 2. The Morgan fingerprint density at radius 3 is 2.21 bits per heavy atom. The number of Topliss-reactive ketones (excluding diaryl/α,β-unsaturated/α-hetero) is 1. The molecule has 0 N–H and O–H groups in total. The number of rotatable bonds is 3. The van der Waals surface area contributed by atoms with E-state index < -0.39 is 5.82 Å². The summed E-state index contributed by atoms with van der Waals surface area (Å²) in [5, 5.41) is 0. The van der Waals surface area contributed by atoms with E-state index in [4.69, 9.17) is 0 Å². The highest BCUT2D eigenvalue weighted by Crippen LogP contribution is 2.25. The molecule has 5 heteroatoms. The number of amides is 1. The van der Waals surface area contributed by atoms with Crippen LogP contribution in [0.15, 0.2) is 48.5 Å². The van der Waals surface area contributed by atoms with Crippen LogP contribution in [0.3, 0.4) is 0 Å². The number of nitrogens with zero attached hydrogens (tertiary/aromatic N) is 2. The molecule has 1 heterocycles. The van der Waals surface area contributed by atoms with Crippen molar-refractivity contribution in [1.29, 1.82) is 0 Å². The van der Waals surface area contributed by atoms with Gasteiger partial charge >= 0.3 is 0 Å². The van der Waals surface area contributed by atoms with E-state index in [1.165, 1.54) is 13.0 Å². The molecule has 2 aromatic carbocycles. The van der Waals surface area contributed by atoms with Gasteiger partial charge in [-0.2, -0.15) is 0 Å². The Balaban J connectivity index is 1.73. The Morgan fingerprint density at radius 1 is 0.917 bits per heavy atom. The Kier molecular flexibility index (Phi) is 4.60. The first kappa shape index (κ1) is 16.2. The zero-order valence-corrected chi connectivity index (χ0v) is 13.5. The molecule has 0 bridgehead atoms. The van der Waals surface area contributed by atoms with Gasteiger partial charge in [-0.3, -0.25) is 9.59 Å². The molecule has 1 saturated heterocycles. The van der Waals surface area contributed by atoms with Crippen LogP contribution in [0.5, 0.6) is 0 Å². The van der Waals surface area contributed by atoms with Crippen molar-refractivity contribution in [1.82, 2.24) is 4.90 Å². The monoisotopic (exact) mass is 326 g/mol. The van der Waals surface area contributed by atoms with E-state index >= 15 is 0 Å². The van der Waals surface area contributed by atoms with Crippen LogP contribution in [0.1, 0.15) is 27.6 Å². The highest BCUT2D eigenvalue weighted by atomic mass is 19.1. The molecule has 24 heavy (non-hydrogen) atoms. The molecule has 0 aliphatic carbocycles. The predicted molar refractivity (Wildman–Crippen MR) is 91.0 cm³/mol. The van der Waals surface area contributed by atoms with Crippen molar-refractivity contribution in [2.24, 2.45) is 0 Å². The predicted octanol–water partition coefficient (Wildman–Crippen LogP) is 2.99. The third-order valence-electron chi connectivity index (χ3n) is 4.27. The second-order valence-corrected chi connectivity index (χ2v) is 5.84. The van der Waals surface area contributed by atoms with Crippen molar-refractivity contribution < 1.29 is 14.0 Å². The van der Waals surface area contributed by atoms with Crippen LogP contribution in [0.25, 0.3) is 0 Å². The maximum absolute atomic E-state index is 14.0. The fraction of sp³-hybridized carbons (Fsp3) is 0.263. The van der Waals surface area contributed by atoms with E-state index in [2.05, 4.69) is 0 Å². The van der Waals surface area contributed by atoms with Crippen molar-refractivity contribution in [2.75, 3.05) is 31.1 Å². The molecule has 3 rings (SSSR count). The van der Waals surface area contributed by atoms with Gasteiger partial charge in [0.05, 0.1) is 11.3 Å². The van der Waals surface area contributed by atoms with Crippen LogP contribution < -0.4 is 4.90 Å². The quantitative estimate of drug-likeness (QED) is 0.814. The third kappa shape index (κ3) is 3.15. The highest BCUT2D eigenvalue weighted by Gasteiger charge is 2.25. The van der Waals surface area contributed by atoms with E-state index in [1.54, 1.807) is 29.2 Å². The van der Waals surface area contributed by atoms with E-state index in [0.29, 0.717) is 37.4 Å². The number of carbonyl (C=O) groups is 2. The molecular formula is C19H19FN2O2. The molecule has 1 aliphatic rings. The maximum Gasteiger partial charge on any atom is 0.253 e. The molecule has 0 unspecified atom stereocenters. The summed E-state index contributed by atoms with van der Waals surface area (Å²) in [6.07, 6.45) is 0. The smallest absolute Gasteiger partial charge is 0.253 e. The minimum Gasteiger partial charge on any atom is -0.367 e. The number of carbonyl (C=O) groups excluding carboxylic acids is 2. The van der Waals surface area contributed by atoms with Crippen LogP contribution >= 0.6 is 0 Å². The lowest BCUT2D eigenvalue weighted by molar-refractivity contribution is 0.0746. The van der Waals surface area contributed by atoms with Crippen LogP contribution in [-0.4, -0.2) is 42.8 Å². The fourth-order valence-electron chi connectivity index (χ4n) is 3.04. The van der Waals surface area contributed by atoms with E-state index in [0.717, 1.165) is 0 Å². The van der Waals surface area contributed by atoms with E-state index in [1.807, 2.05) is 23.1 Å². The van der Waals surface area contributed by atoms with Gasteiger partial charge in [-0.05, 0) is 31.2 Å². The molecule has 124 valence electrons. The summed E-state index contributed by atoms with van der Waals surface area (Å²) in [5.41, 5.74) is 1.40. The lowest BCUT2D eigenvalue weighted by atomic mass is 10.1. The second-order valence-electron chi connectivity index (χ2n) is 5.84. The molecule has 1 aliphatic heterocycles. The highest BCUT2D eigenvalue weighted by molar-refractivity contribution is 6.00. The second kappa shape index (κ2) is 6.83. The topological polar surface area (TPSA) is 40.6 Å². The Morgan fingerprint density at radius 2 is 1.58 bits per heavy atom. The molecule has 0 aromatic heterocycles. The molecule has 1 fully saturated rings. The number of piperazine rings is 1. The lowest BCUT2D eigenvalue weighted by Crippen LogP contribution is -2.49.